The number of hydrogen-bond donors (Lipinski definition) is 1. The smallest absolute Gasteiger partial charge is 0.356 e. The van der Waals surface area contributed by atoms with Gasteiger partial charge in [0.1, 0.15) is 5.65 Å². The molecule has 1 aliphatic heterocycles. The van der Waals surface area contributed by atoms with E-state index in [0.29, 0.717) is 18.0 Å². The Hall–Kier alpha value is -2.08. The Morgan fingerprint density at radius 1 is 1.48 bits per heavy atom. The van der Waals surface area contributed by atoms with E-state index in [1.54, 1.807) is 23.8 Å². The van der Waals surface area contributed by atoms with E-state index in [4.69, 9.17) is 4.74 Å². The summed E-state index contributed by atoms with van der Waals surface area (Å²) >= 11 is 0. The lowest BCUT2D eigenvalue weighted by atomic mass is 9.95. The van der Waals surface area contributed by atoms with E-state index in [1.807, 2.05) is 17.0 Å². The molecule has 0 aliphatic carbocycles. The summed E-state index contributed by atoms with van der Waals surface area (Å²) in [5.41, 5.74) is 0.602. The first-order valence-corrected chi connectivity index (χ1v) is 7.04. The SMILES string of the molecule is COC1(C)CCCN(c2nc3ccccn3c2C(=O)O)C1. The minimum absolute atomic E-state index is 0.214. The Bertz CT molecular complexity index is 682. The lowest BCUT2D eigenvalue weighted by Crippen LogP contribution is -2.48. The maximum Gasteiger partial charge on any atom is 0.356 e. The van der Waals surface area contributed by atoms with Gasteiger partial charge in [-0.15, -0.1) is 0 Å². The van der Waals surface area contributed by atoms with Crippen molar-refractivity contribution in [3.63, 3.8) is 0 Å². The van der Waals surface area contributed by atoms with E-state index in [-0.39, 0.29) is 11.3 Å². The highest BCUT2D eigenvalue weighted by atomic mass is 16.5. The van der Waals surface area contributed by atoms with Gasteiger partial charge in [-0.1, -0.05) is 6.07 Å². The van der Waals surface area contributed by atoms with Gasteiger partial charge in [0.05, 0.1) is 5.60 Å². The second-order valence-electron chi connectivity index (χ2n) is 5.70. The summed E-state index contributed by atoms with van der Waals surface area (Å²) in [5, 5.41) is 9.55. The third-order valence-corrected chi connectivity index (χ3v) is 4.17. The highest BCUT2D eigenvalue weighted by molar-refractivity contribution is 5.93. The van der Waals surface area contributed by atoms with Crippen molar-refractivity contribution in [2.45, 2.75) is 25.4 Å². The normalized spacial score (nSPS) is 22.7. The fourth-order valence-electron chi connectivity index (χ4n) is 2.96. The Morgan fingerprint density at radius 2 is 2.29 bits per heavy atom. The van der Waals surface area contributed by atoms with Crippen LogP contribution in [0.15, 0.2) is 24.4 Å². The van der Waals surface area contributed by atoms with Gasteiger partial charge in [-0.25, -0.2) is 9.78 Å². The van der Waals surface area contributed by atoms with Crippen molar-refractivity contribution in [3.8, 4) is 0 Å². The molecular weight excluding hydrogens is 270 g/mol. The number of ether oxygens (including phenoxy) is 1. The number of fused-ring (bicyclic) bond motifs is 1. The van der Waals surface area contributed by atoms with Gasteiger partial charge in [-0.3, -0.25) is 4.40 Å². The maximum atomic E-state index is 11.7. The van der Waals surface area contributed by atoms with Gasteiger partial charge in [-0.2, -0.15) is 0 Å². The van der Waals surface area contributed by atoms with Crippen LogP contribution in [0.4, 0.5) is 5.82 Å². The standard InChI is InChI=1S/C15H19N3O3/c1-15(21-2)7-5-8-17(10-15)13-12(14(19)20)18-9-4-3-6-11(18)16-13/h3-4,6,9H,5,7-8,10H2,1-2H3,(H,19,20). The Balaban J connectivity index is 2.07. The number of methoxy groups -OCH3 is 1. The number of pyridine rings is 1. The second-order valence-corrected chi connectivity index (χ2v) is 5.70. The highest BCUT2D eigenvalue weighted by Crippen LogP contribution is 2.30. The zero-order chi connectivity index (χ0) is 15.0. The molecule has 112 valence electrons. The zero-order valence-corrected chi connectivity index (χ0v) is 12.2. The van der Waals surface area contributed by atoms with Crippen LogP contribution in [0.3, 0.4) is 0 Å². The van der Waals surface area contributed by atoms with E-state index < -0.39 is 5.97 Å². The van der Waals surface area contributed by atoms with Crippen LogP contribution in [0.25, 0.3) is 5.65 Å². The van der Waals surface area contributed by atoms with Crippen LogP contribution >= 0.6 is 0 Å². The number of carboxylic acids is 1. The molecule has 1 unspecified atom stereocenters. The predicted octanol–water partition coefficient (Wildman–Crippen LogP) is 2.04. The minimum atomic E-state index is -0.964. The summed E-state index contributed by atoms with van der Waals surface area (Å²) in [6.45, 7) is 3.49. The molecule has 2 aromatic rings. The maximum absolute atomic E-state index is 11.7. The van der Waals surface area contributed by atoms with Gasteiger partial charge in [-0.05, 0) is 31.9 Å². The minimum Gasteiger partial charge on any atom is -0.476 e. The average molecular weight is 289 g/mol. The van der Waals surface area contributed by atoms with Crippen LogP contribution in [0, 0.1) is 0 Å². The number of hydrogen-bond acceptors (Lipinski definition) is 4. The van der Waals surface area contributed by atoms with Gasteiger partial charge in [0, 0.05) is 26.4 Å². The molecule has 0 radical (unpaired) electrons. The summed E-state index contributed by atoms with van der Waals surface area (Å²) in [5.74, 6) is -0.440. The monoisotopic (exact) mass is 289 g/mol. The summed E-state index contributed by atoms with van der Waals surface area (Å²) in [6.07, 6.45) is 3.65. The number of imidazole rings is 1. The molecule has 6 heteroatoms. The number of carboxylic acid groups (broad SMARTS) is 1. The Kier molecular flexibility index (Phi) is 3.33. The van der Waals surface area contributed by atoms with Gasteiger partial charge in [0.15, 0.2) is 11.5 Å². The molecule has 3 heterocycles. The van der Waals surface area contributed by atoms with Gasteiger partial charge >= 0.3 is 5.97 Å². The van der Waals surface area contributed by atoms with Crippen molar-refractivity contribution < 1.29 is 14.6 Å². The molecule has 1 atom stereocenters. The molecule has 0 aromatic carbocycles. The van der Waals surface area contributed by atoms with Gasteiger partial charge in [0.25, 0.3) is 0 Å². The van der Waals surface area contributed by atoms with Crippen molar-refractivity contribution in [2.75, 3.05) is 25.1 Å². The summed E-state index contributed by atoms with van der Waals surface area (Å²) in [4.78, 5) is 18.2. The van der Waals surface area contributed by atoms with Crippen molar-refractivity contribution >= 4 is 17.4 Å². The van der Waals surface area contributed by atoms with Crippen molar-refractivity contribution in [3.05, 3.63) is 30.1 Å². The molecule has 0 saturated carbocycles. The fourth-order valence-corrected chi connectivity index (χ4v) is 2.96. The number of aromatic carboxylic acids is 1. The number of nitrogens with zero attached hydrogens (tertiary/aromatic N) is 3. The van der Waals surface area contributed by atoms with Crippen molar-refractivity contribution in [1.29, 1.82) is 0 Å². The number of aromatic nitrogens is 2. The van der Waals surface area contributed by atoms with Crippen LogP contribution in [-0.2, 0) is 4.74 Å². The molecule has 0 spiro atoms. The van der Waals surface area contributed by atoms with Gasteiger partial charge < -0.3 is 14.7 Å². The summed E-state index contributed by atoms with van der Waals surface area (Å²) in [7, 11) is 1.70. The molecule has 6 nitrogen and oxygen atoms in total. The largest absolute Gasteiger partial charge is 0.476 e. The topological polar surface area (TPSA) is 67.1 Å². The first kappa shape index (κ1) is 13.9. The molecule has 1 aliphatic rings. The third kappa shape index (κ3) is 2.35. The molecule has 1 N–H and O–H groups in total. The molecular formula is C15H19N3O3. The Morgan fingerprint density at radius 3 is 3.00 bits per heavy atom. The zero-order valence-electron chi connectivity index (χ0n) is 12.2. The molecule has 3 rings (SSSR count). The summed E-state index contributed by atoms with van der Waals surface area (Å²) in [6, 6.07) is 5.48. The van der Waals surface area contributed by atoms with Gasteiger partial charge in [0.2, 0.25) is 0 Å². The first-order chi connectivity index (χ1) is 10.0. The van der Waals surface area contributed by atoms with E-state index in [1.165, 1.54) is 0 Å². The van der Waals surface area contributed by atoms with Crippen LogP contribution in [-0.4, -0.2) is 46.3 Å². The van der Waals surface area contributed by atoms with E-state index in [9.17, 15) is 9.90 Å². The van der Waals surface area contributed by atoms with E-state index in [2.05, 4.69) is 11.9 Å². The van der Waals surface area contributed by atoms with Crippen LogP contribution in [0.2, 0.25) is 0 Å². The summed E-state index contributed by atoms with van der Waals surface area (Å²) < 4.78 is 7.20. The number of anilines is 1. The molecule has 21 heavy (non-hydrogen) atoms. The quantitative estimate of drug-likeness (QED) is 0.936. The van der Waals surface area contributed by atoms with Crippen molar-refractivity contribution in [2.24, 2.45) is 0 Å². The molecule has 0 amide bonds. The number of rotatable bonds is 3. The molecule has 0 bridgehead atoms. The molecule has 1 fully saturated rings. The predicted molar refractivity (Wildman–Crippen MR) is 79.0 cm³/mol. The van der Waals surface area contributed by atoms with Crippen molar-refractivity contribution in [1.82, 2.24) is 9.38 Å². The van der Waals surface area contributed by atoms with Crippen LogP contribution in [0.5, 0.6) is 0 Å². The molecule has 2 aromatic heterocycles. The van der Waals surface area contributed by atoms with E-state index >= 15 is 0 Å². The third-order valence-electron chi connectivity index (χ3n) is 4.17. The second kappa shape index (κ2) is 5.04. The lowest BCUT2D eigenvalue weighted by molar-refractivity contribution is -0.00487. The average Bonchev–Trinajstić information content (AvgIpc) is 2.87. The number of piperidine rings is 1. The van der Waals surface area contributed by atoms with E-state index in [0.717, 1.165) is 19.4 Å². The molecule has 1 saturated heterocycles. The Labute approximate surface area is 123 Å². The first-order valence-electron chi connectivity index (χ1n) is 7.04. The lowest BCUT2D eigenvalue weighted by Gasteiger charge is -2.39. The van der Waals surface area contributed by atoms with Crippen LogP contribution < -0.4 is 4.90 Å². The fraction of sp³-hybridized carbons (Fsp3) is 0.467. The number of carbonyl (C=O) groups is 1. The highest BCUT2D eigenvalue weighted by Gasteiger charge is 2.34. The van der Waals surface area contributed by atoms with Crippen LogP contribution in [0.1, 0.15) is 30.3 Å².